The van der Waals surface area contributed by atoms with Gasteiger partial charge in [0, 0.05) is 32.3 Å². The van der Waals surface area contributed by atoms with Gasteiger partial charge in [0.2, 0.25) is 5.91 Å². The molecule has 1 saturated heterocycles. The zero-order valence-electron chi connectivity index (χ0n) is 13.2. The molecule has 2 rings (SSSR count). The number of amides is 1. The highest BCUT2D eigenvalue weighted by Gasteiger charge is 2.31. The van der Waals surface area contributed by atoms with Crippen LogP contribution in [0.4, 0.5) is 19.0 Å². The SMILES string of the molecule is Cl.Cl.NCC1CCN(C(=O)CCNc2ncc(C(F)(F)F)cc2Cl)C1. The maximum absolute atomic E-state index is 12.5. The molecule has 1 amide bonds. The fourth-order valence-electron chi connectivity index (χ4n) is 2.42. The highest BCUT2D eigenvalue weighted by molar-refractivity contribution is 6.32. The van der Waals surface area contributed by atoms with E-state index in [0.29, 0.717) is 31.7 Å². The molecule has 1 unspecified atom stereocenters. The Morgan fingerprint density at radius 2 is 2.12 bits per heavy atom. The Morgan fingerprint density at radius 3 is 2.64 bits per heavy atom. The van der Waals surface area contributed by atoms with Crippen LogP contribution in [0.5, 0.6) is 0 Å². The van der Waals surface area contributed by atoms with Crippen LogP contribution < -0.4 is 11.1 Å². The minimum absolute atomic E-state index is 0. The van der Waals surface area contributed by atoms with Crippen LogP contribution >= 0.6 is 36.4 Å². The molecule has 144 valence electrons. The molecule has 1 atom stereocenters. The van der Waals surface area contributed by atoms with E-state index in [1.165, 1.54) is 0 Å². The van der Waals surface area contributed by atoms with Crippen molar-refractivity contribution in [2.24, 2.45) is 11.7 Å². The predicted molar refractivity (Wildman–Crippen MR) is 95.6 cm³/mol. The third-order valence-electron chi connectivity index (χ3n) is 3.77. The number of carbonyl (C=O) groups is 1. The fraction of sp³-hybridized carbons (Fsp3) is 0.571. The topological polar surface area (TPSA) is 71.2 Å². The van der Waals surface area contributed by atoms with E-state index in [2.05, 4.69) is 10.3 Å². The van der Waals surface area contributed by atoms with Crippen molar-refractivity contribution in [2.45, 2.75) is 19.0 Å². The van der Waals surface area contributed by atoms with E-state index in [1.807, 2.05) is 0 Å². The van der Waals surface area contributed by atoms with Crippen molar-refractivity contribution in [3.8, 4) is 0 Å². The number of hydrogen-bond acceptors (Lipinski definition) is 4. The minimum Gasteiger partial charge on any atom is -0.368 e. The first-order valence-electron chi connectivity index (χ1n) is 7.25. The zero-order chi connectivity index (χ0) is 17.0. The van der Waals surface area contributed by atoms with E-state index in [1.54, 1.807) is 4.90 Å². The Balaban J connectivity index is 0.00000288. The third-order valence-corrected chi connectivity index (χ3v) is 4.06. The van der Waals surface area contributed by atoms with Gasteiger partial charge < -0.3 is 16.0 Å². The maximum Gasteiger partial charge on any atom is 0.417 e. The minimum atomic E-state index is -4.49. The average Bonchev–Trinajstić information content (AvgIpc) is 2.96. The predicted octanol–water partition coefficient (Wildman–Crippen LogP) is 3.21. The van der Waals surface area contributed by atoms with Crippen molar-refractivity contribution < 1.29 is 18.0 Å². The summed E-state index contributed by atoms with van der Waals surface area (Å²) in [7, 11) is 0. The number of hydrogen-bond donors (Lipinski definition) is 2. The number of likely N-dealkylation sites (tertiary alicyclic amines) is 1. The monoisotopic (exact) mass is 422 g/mol. The molecular formula is C14H20Cl3F3N4O. The van der Waals surface area contributed by atoms with E-state index < -0.39 is 11.7 Å². The van der Waals surface area contributed by atoms with Crippen molar-refractivity contribution >= 4 is 48.1 Å². The number of rotatable bonds is 5. The van der Waals surface area contributed by atoms with Gasteiger partial charge in [0.15, 0.2) is 0 Å². The van der Waals surface area contributed by atoms with Gasteiger partial charge in [0.25, 0.3) is 0 Å². The molecule has 1 aromatic heterocycles. The van der Waals surface area contributed by atoms with Gasteiger partial charge in [-0.25, -0.2) is 4.98 Å². The Hall–Kier alpha value is -0.960. The lowest BCUT2D eigenvalue weighted by molar-refractivity contribution is -0.137. The first-order chi connectivity index (χ1) is 10.8. The number of anilines is 1. The fourth-order valence-corrected chi connectivity index (χ4v) is 2.65. The molecule has 0 saturated carbocycles. The Bertz CT molecular complexity index is 575. The van der Waals surface area contributed by atoms with E-state index in [0.717, 1.165) is 12.5 Å². The summed E-state index contributed by atoms with van der Waals surface area (Å²) in [4.78, 5) is 17.4. The highest BCUT2D eigenvalue weighted by atomic mass is 35.5. The normalized spacial score (nSPS) is 16.8. The number of aromatic nitrogens is 1. The molecule has 0 aromatic carbocycles. The maximum atomic E-state index is 12.5. The summed E-state index contributed by atoms with van der Waals surface area (Å²) in [5.74, 6) is 0.461. The van der Waals surface area contributed by atoms with Crippen LogP contribution in [-0.2, 0) is 11.0 Å². The molecule has 11 heteroatoms. The number of nitrogens with one attached hydrogen (secondary N) is 1. The zero-order valence-corrected chi connectivity index (χ0v) is 15.6. The number of nitrogens with zero attached hydrogens (tertiary/aromatic N) is 2. The van der Waals surface area contributed by atoms with Gasteiger partial charge in [-0.05, 0) is 24.9 Å². The van der Waals surface area contributed by atoms with Crippen LogP contribution in [0.3, 0.4) is 0 Å². The molecule has 0 spiro atoms. The van der Waals surface area contributed by atoms with Crippen molar-refractivity contribution in [3.63, 3.8) is 0 Å². The number of pyridine rings is 1. The second-order valence-electron chi connectivity index (χ2n) is 5.46. The smallest absolute Gasteiger partial charge is 0.368 e. The van der Waals surface area contributed by atoms with Gasteiger partial charge in [0.05, 0.1) is 10.6 Å². The molecule has 1 fully saturated rings. The summed E-state index contributed by atoms with van der Waals surface area (Å²) < 4.78 is 37.5. The van der Waals surface area contributed by atoms with E-state index in [4.69, 9.17) is 17.3 Å². The van der Waals surface area contributed by atoms with Crippen LogP contribution in [0.1, 0.15) is 18.4 Å². The number of alkyl halides is 3. The molecular weight excluding hydrogens is 404 g/mol. The molecule has 0 bridgehead atoms. The summed E-state index contributed by atoms with van der Waals surface area (Å²) >= 11 is 5.78. The van der Waals surface area contributed by atoms with Crippen LogP contribution in [0, 0.1) is 5.92 Å². The lowest BCUT2D eigenvalue weighted by Gasteiger charge is -2.16. The summed E-state index contributed by atoms with van der Waals surface area (Å²) in [6.45, 7) is 2.17. The van der Waals surface area contributed by atoms with E-state index in [9.17, 15) is 18.0 Å². The Morgan fingerprint density at radius 1 is 1.44 bits per heavy atom. The molecule has 5 nitrogen and oxygen atoms in total. The molecule has 1 aliphatic rings. The first-order valence-corrected chi connectivity index (χ1v) is 7.63. The van der Waals surface area contributed by atoms with Gasteiger partial charge in [-0.3, -0.25) is 4.79 Å². The summed E-state index contributed by atoms with van der Waals surface area (Å²) in [6.07, 6.45) is -2.65. The molecule has 1 aromatic rings. The Kier molecular flexibility index (Phi) is 9.86. The second-order valence-corrected chi connectivity index (χ2v) is 5.87. The van der Waals surface area contributed by atoms with Crippen LogP contribution in [0.2, 0.25) is 5.02 Å². The molecule has 2 heterocycles. The van der Waals surface area contributed by atoms with Gasteiger partial charge in [-0.1, -0.05) is 11.6 Å². The largest absolute Gasteiger partial charge is 0.417 e. The van der Waals surface area contributed by atoms with Crippen molar-refractivity contribution in [3.05, 3.63) is 22.8 Å². The summed E-state index contributed by atoms with van der Waals surface area (Å²) in [6, 6.07) is 0.811. The van der Waals surface area contributed by atoms with Crippen LogP contribution in [-0.4, -0.2) is 42.0 Å². The molecule has 3 N–H and O–H groups in total. The van der Waals surface area contributed by atoms with Crippen molar-refractivity contribution in [1.29, 1.82) is 0 Å². The van der Waals surface area contributed by atoms with Crippen LogP contribution in [0.15, 0.2) is 12.3 Å². The average molecular weight is 424 g/mol. The summed E-state index contributed by atoms with van der Waals surface area (Å²) in [5.41, 5.74) is 4.67. The summed E-state index contributed by atoms with van der Waals surface area (Å²) in [5, 5.41) is 2.66. The van der Waals surface area contributed by atoms with Gasteiger partial charge in [0.1, 0.15) is 5.82 Å². The van der Waals surface area contributed by atoms with Crippen LogP contribution in [0.25, 0.3) is 0 Å². The van der Waals surface area contributed by atoms with Gasteiger partial charge in [-0.15, -0.1) is 24.8 Å². The van der Waals surface area contributed by atoms with E-state index in [-0.39, 0.29) is 54.5 Å². The molecule has 25 heavy (non-hydrogen) atoms. The first kappa shape index (κ1) is 24.0. The quantitative estimate of drug-likeness (QED) is 0.763. The number of halogens is 6. The highest BCUT2D eigenvalue weighted by Crippen LogP contribution is 2.32. The van der Waals surface area contributed by atoms with Gasteiger partial charge >= 0.3 is 6.18 Å². The van der Waals surface area contributed by atoms with Gasteiger partial charge in [-0.2, -0.15) is 13.2 Å². The van der Waals surface area contributed by atoms with Crippen molar-refractivity contribution in [2.75, 3.05) is 31.5 Å². The van der Waals surface area contributed by atoms with E-state index >= 15 is 0 Å². The molecule has 0 aliphatic carbocycles. The number of nitrogens with two attached hydrogens (primary N) is 1. The number of carbonyl (C=O) groups excluding carboxylic acids is 1. The second kappa shape index (κ2) is 10.3. The lowest BCUT2D eigenvalue weighted by atomic mass is 10.1. The molecule has 1 aliphatic heterocycles. The Labute approximate surface area is 161 Å². The standard InChI is InChI=1S/C14H18ClF3N4O.2ClH/c15-11-5-10(14(16,17)18)7-21-13(11)20-3-1-12(23)22-4-2-9(6-19)8-22;;/h5,7,9H,1-4,6,8,19H2,(H,20,21);2*1H. The molecule has 0 radical (unpaired) electrons. The third kappa shape index (κ3) is 6.69. The van der Waals surface area contributed by atoms with Crippen molar-refractivity contribution in [1.82, 2.24) is 9.88 Å². The lowest BCUT2D eigenvalue weighted by Crippen LogP contribution is -2.31.